The zero-order chi connectivity index (χ0) is 9.42. The van der Waals surface area contributed by atoms with E-state index in [-0.39, 0.29) is 0 Å². The Labute approximate surface area is 93.2 Å². The van der Waals surface area contributed by atoms with Gasteiger partial charge in [-0.1, -0.05) is 15.9 Å². The lowest BCUT2D eigenvalue weighted by molar-refractivity contribution is 0.114. The molecule has 1 heterocycles. The number of benzene rings is 1. The molecule has 1 aliphatic heterocycles. The van der Waals surface area contributed by atoms with Crippen LogP contribution < -0.4 is 4.74 Å². The van der Waals surface area contributed by atoms with Crippen molar-refractivity contribution in [1.29, 1.82) is 0 Å². The fraction of sp³-hybridized carbons (Fsp3) is 0.333. The lowest BCUT2D eigenvalue weighted by Gasteiger charge is -2.23. The van der Waals surface area contributed by atoms with Crippen LogP contribution in [-0.2, 0) is 0 Å². The maximum Gasteiger partial charge on any atom is 0.139 e. The first-order valence-corrected chi connectivity index (χ1v) is 5.57. The molecule has 2 rings (SSSR count). The molecular weight excluding hydrogens is 300 g/mol. The summed E-state index contributed by atoms with van der Waals surface area (Å²) in [5.74, 6) is 0.766. The molecule has 4 heteroatoms. The minimum atomic E-state index is -0.405. The number of hydrogen-bond acceptors (Lipinski definition) is 2. The van der Waals surface area contributed by atoms with Crippen LogP contribution in [0.4, 0.5) is 0 Å². The van der Waals surface area contributed by atoms with Crippen molar-refractivity contribution in [1.82, 2.24) is 0 Å². The van der Waals surface area contributed by atoms with Gasteiger partial charge in [-0.05, 0) is 28.1 Å². The summed E-state index contributed by atoms with van der Waals surface area (Å²) in [7, 11) is 0. The van der Waals surface area contributed by atoms with Crippen LogP contribution >= 0.6 is 31.9 Å². The molecule has 0 saturated heterocycles. The summed E-state index contributed by atoms with van der Waals surface area (Å²) in [6.45, 7) is 0.578. The van der Waals surface area contributed by atoms with Gasteiger partial charge in [-0.3, -0.25) is 0 Å². The molecule has 0 spiro atoms. The summed E-state index contributed by atoms with van der Waals surface area (Å²) >= 11 is 6.77. The van der Waals surface area contributed by atoms with E-state index in [9.17, 15) is 5.11 Å². The summed E-state index contributed by atoms with van der Waals surface area (Å²) in [4.78, 5) is 0. The minimum Gasteiger partial charge on any atom is -0.492 e. The van der Waals surface area contributed by atoms with Crippen LogP contribution in [0.15, 0.2) is 21.1 Å². The summed E-state index contributed by atoms with van der Waals surface area (Å²) in [6, 6.07) is 3.81. The molecule has 0 fully saturated rings. The molecule has 1 N–H and O–H groups in total. The molecular formula is C9H8Br2O2. The van der Waals surface area contributed by atoms with E-state index in [1.807, 2.05) is 12.1 Å². The molecule has 0 saturated carbocycles. The normalized spacial score (nSPS) is 20.7. The van der Waals surface area contributed by atoms with Crippen LogP contribution in [-0.4, -0.2) is 11.7 Å². The second-order valence-electron chi connectivity index (χ2n) is 2.96. The Morgan fingerprint density at radius 2 is 2.15 bits per heavy atom. The Hall–Kier alpha value is -0.0600. The Morgan fingerprint density at radius 1 is 1.38 bits per heavy atom. The molecule has 1 aliphatic rings. The van der Waals surface area contributed by atoms with Gasteiger partial charge >= 0.3 is 0 Å². The molecule has 0 aliphatic carbocycles. The van der Waals surface area contributed by atoms with E-state index in [0.29, 0.717) is 13.0 Å². The van der Waals surface area contributed by atoms with Gasteiger partial charge in [0.1, 0.15) is 5.75 Å². The van der Waals surface area contributed by atoms with E-state index in [2.05, 4.69) is 31.9 Å². The standard InChI is InChI=1S/C9H8Br2O2/c10-5-3-6-8(12)1-2-13-9(6)7(11)4-5/h3-4,8,12H,1-2H2/t8-/m0/s1. The van der Waals surface area contributed by atoms with Crippen molar-refractivity contribution in [2.75, 3.05) is 6.61 Å². The van der Waals surface area contributed by atoms with Crippen molar-refractivity contribution < 1.29 is 9.84 Å². The summed E-state index contributed by atoms with van der Waals surface area (Å²) < 4.78 is 7.28. The summed E-state index contributed by atoms with van der Waals surface area (Å²) in [5, 5.41) is 9.69. The third-order valence-corrected chi connectivity index (χ3v) is 3.08. The topological polar surface area (TPSA) is 29.5 Å². The van der Waals surface area contributed by atoms with E-state index in [0.717, 1.165) is 20.3 Å². The van der Waals surface area contributed by atoms with Gasteiger partial charge < -0.3 is 9.84 Å². The molecule has 2 nitrogen and oxygen atoms in total. The SMILES string of the molecule is O[C@H]1CCOc2c(Br)cc(Br)cc21. The van der Waals surface area contributed by atoms with Gasteiger partial charge in [0.2, 0.25) is 0 Å². The van der Waals surface area contributed by atoms with E-state index in [1.54, 1.807) is 0 Å². The predicted octanol–water partition coefficient (Wildman–Crippen LogP) is 3.03. The molecule has 13 heavy (non-hydrogen) atoms. The molecule has 1 atom stereocenters. The van der Waals surface area contributed by atoms with Gasteiger partial charge in [-0.25, -0.2) is 0 Å². The van der Waals surface area contributed by atoms with E-state index in [4.69, 9.17) is 4.74 Å². The third-order valence-electron chi connectivity index (χ3n) is 2.03. The first-order valence-electron chi connectivity index (χ1n) is 3.98. The monoisotopic (exact) mass is 306 g/mol. The molecule has 0 aromatic heterocycles. The van der Waals surface area contributed by atoms with E-state index >= 15 is 0 Å². The third kappa shape index (κ3) is 1.75. The summed E-state index contributed by atoms with van der Waals surface area (Å²) in [5.41, 5.74) is 0.854. The molecule has 0 amide bonds. The van der Waals surface area contributed by atoms with E-state index in [1.165, 1.54) is 0 Å². The number of ether oxygens (including phenoxy) is 1. The molecule has 1 aromatic rings. The van der Waals surface area contributed by atoms with Gasteiger partial charge in [-0.2, -0.15) is 0 Å². The van der Waals surface area contributed by atoms with Gasteiger partial charge in [0.25, 0.3) is 0 Å². The molecule has 1 aromatic carbocycles. The van der Waals surface area contributed by atoms with Crippen molar-refractivity contribution in [3.8, 4) is 5.75 Å². The van der Waals surface area contributed by atoms with Gasteiger partial charge in [0, 0.05) is 16.5 Å². The Balaban J connectivity index is 2.56. The molecule has 70 valence electrons. The maximum absolute atomic E-state index is 9.69. The van der Waals surface area contributed by atoms with Gasteiger partial charge in [0.15, 0.2) is 0 Å². The highest BCUT2D eigenvalue weighted by Gasteiger charge is 2.21. The van der Waals surface area contributed by atoms with E-state index < -0.39 is 6.10 Å². The van der Waals surface area contributed by atoms with Gasteiger partial charge in [0.05, 0.1) is 17.2 Å². The highest BCUT2D eigenvalue weighted by atomic mass is 79.9. The first-order chi connectivity index (χ1) is 6.18. The smallest absolute Gasteiger partial charge is 0.139 e. The highest BCUT2D eigenvalue weighted by Crippen LogP contribution is 2.39. The number of halogens is 2. The Morgan fingerprint density at radius 3 is 2.92 bits per heavy atom. The average molecular weight is 308 g/mol. The van der Waals surface area contributed by atoms with Crippen LogP contribution in [0.1, 0.15) is 18.1 Å². The lowest BCUT2D eigenvalue weighted by Crippen LogP contribution is -2.14. The Kier molecular flexibility index (Phi) is 2.62. The van der Waals surface area contributed by atoms with Crippen molar-refractivity contribution >= 4 is 31.9 Å². The number of aliphatic hydroxyl groups is 1. The van der Waals surface area contributed by atoms with Gasteiger partial charge in [-0.15, -0.1) is 0 Å². The van der Waals surface area contributed by atoms with Crippen LogP contribution in [0, 0.1) is 0 Å². The number of rotatable bonds is 0. The predicted molar refractivity (Wildman–Crippen MR) is 56.9 cm³/mol. The fourth-order valence-corrected chi connectivity index (χ4v) is 2.78. The maximum atomic E-state index is 9.69. The fourth-order valence-electron chi connectivity index (χ4n) is 1.41. The second kappa shape index (κ2) is 3.59. The van der Waals surface area contributed by atoms with Crippen molar-refractivity contribution in [3.63, 3.8) is 0 Å². The van der Waals surface area contributed by atoms with Crippen LogP contribution in [0.5, 0.6) is 5.75 Å². The number of aliphatic hydroxyl groups excluding tert-OH is 1. The average Bonchev–Trinajstić information content (AvgIpc) is 2.07. The highest BCUT2D eigenvalue weighted by molar-refractivity contribution is 9.11. The second-order valence-corrected chi connectivity index (χ2v) is 4.73. The van der Waals surface area contributed by atoms with Crippen molar-refractivity contribution in [3.05, 3.63) is 26.6 Å². The zero-order valence-electron chi connectivity index (χ0n) is 6.76. The minimum absolute atomic E-state index is 0.405. The lowest BCUT2D eigenvalue weighted by atomic mass is 10.0. The largest absolute Gasteiger partial charge is 0.492 e. The quantitative estimate of drug-likeness (QED) is 0.798. The van der Waals surface area contributed by atoms with Crippen molar-refractivity contribution in [2.24, 2.45) is 0 Å². The molecule has 0 unspecified atom stereocenters. The summed E-state index contributed by atoms with van der Waals surface area (Å²) in [6.07, 6.45) is 0.258. The van der Waals surface area contributed by atoms with Crippen LogP contribution in [0.3, 0.4) is 0 Å². The molecule has 0 bridgehead atoms. The van der Waals surface area contributed by atoms with Crippen molar-refractivity contribution in [2.45, 2.75) is 12.5 Å². The number of hydrogen-bond donors (Lipinski definition) is 1. The Bertz CT molecular complexity index is 339. The van der Waals surface area contributed by atoms with Crippen LogP contribution in [0.2, 0.25) is 0 Å². The first kappa shape index (κ1) is 9.49. The van der Waals surface area contributed by atoms with Crippen LogP contribution in [0.25, 0.3) is 0 Å². The molecule has 0 radical (unpaired) electrons. The zero-order valence-corrected chi connectivity index (χ0v) is 9.93. The number of fused-ring (bicyclic) bond motifs is 1.